The van der Waals surface area contributed by atoms with E-state index in [-0.39, 0.29) is 5.91 Å². The molecule has 0 spiro atoms. The number of nitrogens with zero attached hydrogens (tertiary/aromatic N) is 3. The average Bonchev–Trinajstić information content (AvgIpc) is 2.36. The molecule has 1 N–H and O–H groups in total. The van der Waals surface area contributed by atoms with E-state index in [9.17, 15) is 4.79 Å². The van der Waals surface area contributed by atoms with Gasteiger partial charge in [0, 0.05) is 10.6 Å². The van der Waals surface area contributed by atoms with Crippen LogP contribution >= 0.6 is 0 Å². The Hall–Kier alpha value is -2.00. The number of amides is 1. The number of carbonyl (C=O) groups is 1. The summed E-state index contributed by atoms with van der Waals surface area (Å²) in [5, 5.41) is 6.17. The van der Waals surface area contributed by atoms with Gasteiger partial charge < -0.3 is 5.32 Å². The van der Waals surface area contributed by atoms with E-state index in [1.807, 2.05) is 24.3 Å². The van der Waals surface area contributed by atoms with Gasteiger partial charge in [-0.15, -0.1) is 0 Å². The van der Waals surface area contributed by atoms with Gasteiger partial charge in [0.1, 0.15) is 6.04 Å². The first kappa shape index (κ1) is 13.1. The zero-order valence-electron chi connectivity index (χ0n) is 10.1. The van der Waals surface area contributed by atoms with Crippen LogP contribution in [0, 0.1) is 0 Å². The smallest absolute Gasteiger partial charge is 0.233 e. The lowest BCUT2D eigenvalue weighted by molar-refractivity contribution is -0.117. The fourth-order valence-corrected chi connectivity index (χ4v) is 1.43. The van der Waals surface area contributed by atoms with Gasteiger partial charge in [0.05, 0.1) is 0 Å². The maximum Gasteiger partial charge on any atom is 0.233 e. The molecule has 0 saturated carbocycles. The van der Waals surface area contributed by atoms with Crippen LogP contribution in [-0.4, -0.2) is 11.9 Å². The largest absolute Gasteiger partial charge is 0.326 e. The van der Waals surface area contributed by atoms with Gasteiger partial charge in [-0.1, -0.05) is 31.1 Å². The Morgan fingerprint density at radius 2 is 2.06 bits per heavy atom. The normalized spacial score (nSPS) is 11.4. The summed E-state index contributed by atoms with van der Waals surface area (Å²) in [6.45, 7) is 3.88. The summed E-state index contributed by atoms with van der Waals surface area (Å²) in [6, 6.07) is 6.97. The van der Waals surface area contributed by atoms with E-state index < -0.39 is 6.04 Å². The molecule has 1 unspecified atom stereocenters. The van der Waals surface area contributed by atoms with Crippen molar-refractivity contribution in [1.29, 1.82) is 0 Å². The number of benzene rings is 1. The Kier molecular flexibility index (Phi) is 5.04. The second-order valence-corrected chi connectivity index (χ2v) is 3.67. The van der Waals surface area contributed by atoms with Gasteiger partial charge in [-0.2, -0.15) is 0 Å². The molecule has 90 valence electrons. The molecule has 1 aromatic rings. The fraction of sp³-hybridized carbons (Fsp3) is 0.417. The van der Waals surface area contributed by atoms with E-state index in [0.717, 1.165) is 12.1 Å². The SMILES string of the molecule is CCc1ccc(NC(=O)C(CC)N=[N+]=[N-])cc1. The second-order valence-electron chi connectivity index (χ2n) is 3.67. The first-order valence-corrected chi connectivity index (χ1v) is 5.65. The van der Waals surface area contributed by atoms with E-state index in [4.69, 9.17) is 5.53 Å². The van der Waals surface area contributed by atoms with Crippen LogP contribution in [0.15, 0.2) is 29.4 Å². The molecule has 0 fully saturated rings. The van der Waals surface area contributed by atoms with Crippen molar-refractivity contribution in [2.45, 2.75) is 32.7 Å². The van der Waals surface area contributed by atoms with Crippen LogP contribution in [0.25, 0.3) is 10.4 Å². The molecule has 0 heterocycles. The average molecular weight is 232 g/mol. The summed E-state index contributed by atoms with van der Waals surface area (Å²) >= 11 is 0. The van der Waals surface area contributed by atoms with Crippen molar-refractivity contribution in [2.24, 2.45) is 5.11 Å². The lowest BCUT2D eigenvalue weighted by atomic mass is 10.1. The molecular formula is C12H16N4O. The van der Waals surface area contributed by atoms with Crippen LogP contribution in [-0.2, 0) is 11.2 Å². The van der Waals surface area contributed by atoms with Gasteiger partial charge in [0.2, 0.25) is 5.91 Å². The quantitative estimate of drug-likeness (QED) is 0.472. The maximum atomic E-state index is 11.7. The number of hydrogen-bond donors (Lipinski definition) is 1. The molecule has 5 heteroatoms. The van der Waals surface area contributed by atoms with Gasteiger partial charge in [-0.25, -0.2) is 0 Å². The lowest BCUT2D eigenvalue weighted by Gasteiger charge is -2.09. The van der Waals surface area contributed by atoms with Crippen molar-refractivity contribution in [3.63, 3.8) is 0 Å². The summed E-state index contributed by atoms with van der Waals surface area (Å²) in [4.78, 5) is 14.4. The predicted octanol–water partition coefficient (Wildman–Crippen LogP) is 3.28. The summed E-state index contributed by atoms with van der Waals surface area (Å²) in [5.74, 6) is -0.269. The lowest BCUT2D eigenvalue weighted by Crippen LogP contribution is -2.25. The van der Waals surface area contributed by atoms with E-state index in [0.29, 0.717) is 6.42 Å². The Morgan fingerprint density at radius 1 is 1.41 bits per heavy atom. The molecule has 0 aliphatic rings. The van der Waals surface area contributed by atoms with Crippen LogP contribution in [0.2, 0.25) is 0 Å². The number of hydrogen-bond acceptors (Lipinski definition) is 2. The molecule has 0 aromatic heterocycles. The third kappa shape index (κ3) is 3.81. The highest BCUT2D eigenvalue weighted by molar-refractivity contribution is 5.94. The second kappa shape index (κ2) is 6.55. The van der Waals surface area contributed by atoms with Gasteiger partial charge in [-0.3, -0.25) is 4.79 Å². The van der Waals surface area contributed by atoms with Gasteiger partial charge in [0.15, 0.2) is 0 Å². The molecule has 5 nitrogen and oxygen atoms in total. The molecule has 1 atom stereocenters. The third-order valence-electron chi connectivity index (χ3n) is 2.51. The van der Waals surface area contributed by atoms with Crippen molar-refractivity contribution < 1.29 is 4.79 Å². The summed E-state index contributed by atoms with van der Waals surface area (Å²) in [6.07, 6.45) is 1.45. The van der Waals surface area contributed by atoms with E-state index in [1.165, 1.54) is 5.56 Å². The summed E-state index contributed by atoms with van der Waals surface area (Å²) < 4.78 is 0. The van der Waals surface area contributed by atoms with Gasteiger partial charge in [0.25, 0.3) is 0 Å². The Balaban J connectivity index is 2.69. The molecule has 0 saturated heterocycles. The number of aryl methyl sites for hydroxylation is 1. The zero-order valence-corrected chi connectivity index (χ0v) is 10.1. The first-order chi connectivity index (χ1) is 8.21. The van der Waals surface area contributed by atoms with Crippen molar-refractivity contribution in [3.05, 3.63) is 40.3 Å². The molecular weight excluding hydrogens is 216 g/mol. The van der Waals surface area contributed by atoms with Crippen LogP contribution < -0.4 is 5.32 Å². The van der Waals surface area contributed by atoms with Crippen molar-refractivity contribution in [1.82, 2.24) is 0 Å². The van der Waals surface area contributed by atoms with Crippen molar-refractivity contribution in [2.75, 3.05) is 5.32 Å². The van der Waals surface area contributed by atoms with Gasteiger partial charge >= 0.3 is 0 Å². The third-order valence-corrected chi connectivity index (χ3v) is 2.51. The number of nitrogens with one attached hydrogen (secondary N) is 1. The molecule has 1 aromatic carbocycles. The zero-order chi connectivity index (χ0) is 12.7. The topological polar surface area (TPSA) is 77.9 Å². The Morgan fingerprint density at radius 3 is 2.53 bits per heavy atom. The molecule has 1 amide bonds. The van der Waals surface area contributed by atoms with E-state index in [1.54, 1.807) is 6.92 Å². The Labute approximate surface area is 100 Å². The Bertz CT molecular complexity index is 421. The van der Waals surface area contributed by atoms with Gasteiger partial charge in [-0.05, 0) is 36.1 Å². The fourth-order valence-electron chi connectivity index (χ4n) is 1.43. The monoisotopic (exact) mass is 232 g/mol. The summed E-state index contributed by atoms with van der Waals surface area (Å²) in [5.41, 5.74) is 10.3. The van der Waals surface area contributed by atoms with Crippen LogP contribution in [0.4, 0.5) is 5.69 Å². The minimum atomic E-state index is -0.647. The highest BCUT2D eigenvalue weighted by atomic mass is 16.2. The predicted molar refractivity (Wildman–Crippen MR) is 67.7 cm³/mol. The first-order valence-electron chi connectivity index (χ1n) is 5.65. The standard InChI is InChI=1S/C12H16N4O/c1-3-9-5-7-10(8-6-9)14-12(17)11(4-2)15-16-13/h5-8,11H,3-4H2,1-2H3,(H,14,17). The van der Waals surface area contributed by atoms with Crippen molar-refractivity contribution >= 4 is 11.6 Å². The minimum absolute atomic E-state index is 0.269. The van der Waals surface area contributed by atoms with Crippen molar-refractivity contribution in [3.8, 4) is 0 Å². The van der Waals surface area contributed by atoms with E-state index >= 15 is 0 Å². The highest BCUT2D eigenvalue weighted by Crippen LogP contribution is 2.11. The molecule has 0 radical (unpaired) electrons. The van der Waals surface area contributed by atoms with Crippen LogP contribution in [0.5, 0.6) is 0 Å². The molecule has 0 aliphatic carbocycles. The van der Waals surface area contributed by atoms with Crippen LogP contribution in [0.1, 0.15) is 25.8 Å². The highest BCUT2D eigenvalue weighted by Gasteiger charge is 2.14. The van der Waals surface area contributed by atoms with E-state index in [2.05, 4.69) is 22.3 Å². The number of rotatable bonds is 5. The minimum Gasteiger partial charge on any atom is -0.326 e. The van der Waals surface area contributed by atoms with Crippen LogP contribution in [0.3, 0.4) is 0 Å². The molecule has 0 bridgehead atoms. The maximum absolute atomic E-state index is 11.7. The number of anilines is 1. The molecule has 17 heavy (non-hydrogen) atoms. The number of azide groups is 1. The number of carbonyl (C=O) groups excluding carboxylic acids is 1. The summed E-state index contributed by atoms with van der Waals surface area (Å²) in [7, 11) is 0. The molecule has 1 rings (SSSR count). The molecule has 0 aliphatic heterocycles.